The van der Waals surface area contributed by atoms with Gasteiger partial charge in [-0.3, -0.25) is 0 Å². The lowest BCUT2D eigenvalue weighted by Gasteiger charge is -2.01. The van der Waals surface area contributed by atoms with Crippen molar-refractivity contribution in [3.05, 3.63) is 16.1 Å². The Balaban J connectivity index is 2.34. The molecule has 16 heavy (non-hydrogen) atoms. The second-order valence-corrected chi connectivity index (χ2v) is 4.45. The van der Waals surface area contributed by atoms with Gasteiger partial charge in [-0.25, -0.2) is 9.78 Å². The van der Waals surface area contributed by atoms with Crippen LogP contribution >= 0.6 is 11.3 Å². The minimum Gasteiger partial charge on any atom is -0.461 e. The third-order valence-electron chi connectivity index (χ3n) is 2.10. The summed E-state index contributed by atoms with van der Waals surface area (Å²) in [6.45, 7) is 3.15. The maximum Gasteiger partial charge on any atom is 0.357 e. The summed E-state index contributed by atoms with van der Waals surface area (Å²) >= 11 is 1.45. The zero-order valence-corrected chi connectivity index (χ0v) is 10.4. The number of aromatic nitrogens is 1. The average molecular weight is 242 g/mol. The van der Waals surface area contributed by atoms with E-state index in [2.05, 4.69) is 11.9 Å². The van der Waals surface area contributed by atoms with Crippen LogP contribution in [-0.4, -0.2) is 24.1 Å². The molecular weight excluding hydrogens is 224 g/mol. The fourth-order valence-corrected chi connectivity index (χ4v) is 2.02. The standard InChI is InChI=1S/C11H18N2O2S/c1-2-3-4-7-15-11(14)9-8-16-10(13-9)5-6-12/h8H,2-7,12H2,1H3. The lowest BCUT2D eigenvalue weighted by molar-refractivity contribution is 0.0492. The molecular formula is C11H18N2O2S. The Morgan fingerprint density at radius 2 is 2.38 bits per heavy atom. The lowest BCUT2D eigenvalue weighted by atomic mass is 10.3. The molecule has 90 valence electrons. The Hall–Kier alpha value is -0.940. The fraction of sp³-hybridized carbons (Fsp3) is 0.636. The first-order valence-electron chi connectivity index (χ1n) is 5.59. The number of nitrogens with two attached hydrogens (primary N) is 1. The topological polar surface area (TPSA) is 65.2 Å². The molecule has 1 rings (SSSR count). The van der Waals surface area contributed by atoms with Crippen LogP contribution in [-0.2, 0) is 11.2 Å². The molecule has 0 aliphatic heterocycles. The summed E-state index contributed by atoms with van der Waals surface area (Å²) in [5.41, 5.74) is 5.82. The highest BCUT2D eigenvalue weighted by Crippen LogP contribution is 2.11. The van der Waals surface area contributed by atoms with E-state index < -0.39 is 0 Å². The van der Waals surface area contributed by atoms with Gasteiger partial charge in [-0.05, 0) is 13.0 Å². The molecule has 0 fully saturated rings. The summed E-state index contributed by atoms with van der Waals surface area (Å²) < 4.78 is 5.10. The van der Waals surface area contributed by atoms with Gasteiger partial charge < -0.3 is 10.5 Å². The van der Waals surface area contributed by atoms with E-state index in [0.717, 1.165) is 24.3 Å². The number of thiazole rings is 1. The molecule has 0 bridgehead atoms. The van der Waals surface area contributed by atoms with Crippen molar-refractivity contribution >= 4 is 17.3 Å². The number of nitrogens with zero attached hydrogens (tertiary/aromatic N) is 1. The van der Waals surface area contributed by atoms with Crippen molar-refractivity contribution in [1.82, 2.24) is 4.98 Å². The third kappa shape index (κ3) is 4.28. The Morgan fingerprint density at radius 3 is 3.06 bits per heavy atom. The Kier molecular flexibility index (Phi) is 6.03. The molecule has 0 atom stereocenters. The van der Waals surface area contributed by atoms with Gasteiger partial charge in [0.1, 0.15) is 0 Å². The summed E-state index contributed by atoms with van der Waals surface area (Å²) in [6, 6.07) is 0. The lowest BCUT2D eigenvalue weighted by Crippen LogP contribution is -2.08. The molecule has 0 saturated carbocycles. The average Bonchev–Trinajstić information content (AvgIpc) is 2.73. The van der Waals surface area contributed by atoms with E-state index >= 15 is 0 Å². The molecule has 0 spiro atoms. The van der Waals surface area contributed by atoms with E-state index in [-0.39, 0.29) is 5.97 Å². The molecule has 1 heterocycles. The van der Waals surface area contributed by atoms with Crippen molar-refractivity contribution in [1.29, 1.82) is 0 Å². The van der Waals surface area contributed by atoms with Crippen LogP contribution in [0.5, 0.6) is 0 Å². The zero-order chi connectivity index (χ0) is 11.8. The second-order valence-electron chi connectivity index (χ2n) is 3.51. The smallest absolute Gasteiger partial charge is 0.357 e. The van der Waals surface area contributed by atoms with Crippen molar-refractivity contribution in [3.63, 3.8) is 0 Å². The Morgan fingerprint density at radius 1 is 1.56 bits per heavy atom. The predicted octanol–water partition coefficient (Wildman–Crippen LogP) is 1.99. The summed E-state index contributed by atoms with van der Waals surface area (Å²) in [6.07, 6.45) is 3.84. The molecule has 0 aliphatic rings. The third-order valence-corrected chi connectivity index (χ3v) is 3.01. The van der Waals surface area contributed by atoms with Crippen LogP contribution in [0, 0.1) is 0 Å². The SMILES string of the molecule is CCCCCOC(=O)c1csc(CCN)n1. The zero-order valence-electron chi connectivity index (χ0n) is 9.57. The van der Waals surface area contributed by atoms with Crippen molar-refractivity contribution in [2.24, 2.45) is 5.73 Å². The summed E-state index contributed by atoms with van der Waals surface area (Å²) in [4.78, 5) is 15.7. The molecule has 0 amide bonds. The highest BCUT2D eigenvalue weighted by Gasteiger charge is 2.11. The first-order valence-corrected chi connectivity index (χ1v) is 6.47. The van der Waals surface area contributed by atoms with Gasteiger partial charge in [0.25, 0.3) is 0 Å². The van der Waals surface area contributed by atoms with Crippen LogP contribution in [0.25, 0.3) is 0 Å². The van der Waals surface area contributed by atoms with Gasteiger partial charge in [-0.1, -0.05) is 19.8 Å². The number of ether oxygens (including phenoxy) is 1. The molecule has 4 nitrogen and oxygen atoms in total. The number of unbranched alkanes of at least 4 members (excludes halogenated alkanes) is 2. The predicted molar refractivity (Wildman–Crippen MR) is 64.7 cm³/mol. The minimum absolute atomic E-state index is 0.323. The van der Waals surface area contributed by atoms with Crippen LogP contribution < -0.4 is 5.73 Å². The highest BCUT2D eigenvalue weighted by molar-refractivity contribution is 7.09. The largest absolute Gasteiger partial charge is 0.461 e. The highest BCUT2D eigenvalue weighted by atomic mass is 32.1. The number of hydrogen-bond donors (Lipinski definition) is 1. The minimum atomic E-state index is -0.323. The molecule has 0 unspecified atom stereocenters. The maximum absolute atomic E-state index is 11.5. The van der Waals surface area contributed by atoms with E-state index in [9.17, 15) is 4.79 Å². The number of rotatable bonds is 7. The monoisotopic (exact) mass is 242 g/mol. The van der Waals surface area contributed by atoms with E-state index in [1.54, 1.807) is 5.38 Å². The molecule has 2 N–H and O–H groups in total. The Labute approximate surface area is 99.8 Å². The van der Waals surface area contributed by atoms with Crippen LogP contribution in [0.3, 0.4) is 0 Å². The van der Waals surface area contributed by atoms with Gasteiger partial charge in [0.2, 0.25) is 0 Å². The number of esters is 1. The quantitative estimate of drug-likeness (QED) is 0.586. The van der Waals surface area contributed by atoms with Gasteiger partial charge in [-0.2, -0.15) is 0 Å². The number of hydrogen-bond acceptors (Lipinski definition) is 5. The molecule has 5 heteroatoms. The molecule has 0 radical (unpaired) electrons. The summed E-state index contributed by atoms with van der Waals surface area (Å²) in [5, 5.41) is 2.62. The number of carbonyl (C=O) groups excluding carboxylic acids is 1. The number of carbonyl (C=O) groups is 1. The summed E-state index contributed by atoms with van der Waals surface area (Å²) in [5.74, 6) is -0.323. The van der Waals surface area contributed by atoms with Crippen molar-refractivity contribution in [2.45, 2.75) is 32.6 Å². The van der Waals surface area contributed by atoms with E-state index in [0.29, 0.717) is 25.3 Å². The van der Waals surface area contributed by atoms with Crippen molar-refractivity contribution in [2.75, 3.05) is 13.2 Å². The first-order chi connectivity index (χ1) is 7.77. The molecule has 0 saturated heterocycles. The summed E-state index contributed by atoms with van der Waals surface area (Å²) in [7, 11) is 0. The van der Waals surface area contributed by atoms with Gasteiger partial charge in [0.15, 0.2) is 5.69 Å². The van der Waals surface area contributed by atoms with Gasteiger partial charge in [-0.15, -0.1) is 11.3 Å². The molecule has 0 aliphatic carbocycles. The first kappa shape index (κ1) is 13.1. The van der Waals surface area contributed by atoms with Crippen LogP contribution in [0.4, 0.5) is 0 Å². The van der Waals surface area contributed by atoms with Gasteiger partial charge in [0, 0.05) is 11.8 Å². The van der Waals surface area contributed by atoms with Gasteiger partial charge in [0.05, 0.1) is 11.6 Å². The molecule has 0 aromatic carbocycles. The van der Waals surface area contributed by atoms with Gasteiger partial charge >= 0.3 is 5.97 Å². The fourth-order valence-electron chi connectivity index (χ4n) is 1.23. The maximum atomic E-state index is 11.5. The van der Waals surface area contributed by atoms with Crippen LogP contribution in [0.15, 0.2) is 5.38 Å². The Bertz CT molecular complexity index is 326. The van der Waals surface area contributed by atoms with E-state index in [4.69, 9.17) is 10.5 Å². The van der Waals surface area contributed by atoms with Crippen molar-refractivity contribution in [3.8, 4) is 0 Å². The normalized spacial score (nSPS) is 10.4. The van der Waals surface area contributed by atoms with E-state index in [1.165, 1.54) is 11.3 Å². The molecule has 1 aromatic rings. The molecule has 1 aromatic heterocycles. The van der Waals surface area contributed by atoms with Crippen molar-refractivity contribution < 1.29 is 9.53 Å². The second kappa shape index (κ2) is 7.35. The van der Waals surface area contributed by atoms with E-state index in [1.807, 2.05) is 0 Å². The van der Waals surface area contributed by atoms with Crippen LogP contribution in [0.1, 0.15) is 41.7 Å². The van der Waals surface area contributed by atoms with Crippen LogP contribution in [0.2, 0.25) is 0 Å².